The standard InChI is InChI=1S/C21H17N5O3S/c1-29-18-8-7-13(19(22)27)9-16(18)24-20(28)17-12-30-21(25-17)14-10-23-26(11-14)15-5-3-2-4-6-15/h2-12H,1H3,(H2,22,27)(H,24,28). The van der Waals surface area contributed by atoms with Crippen LogP contribution >= 0.6 is 11.3 Å². The summed E-state index contributed by atoms with van der Waals surface area (Å²) in [4.78, 5) is 28.5. The lowest BCUT2D eigenvalue weighted by molar-refractivity contribution is 0.0995. The van der Waals surface area contributed by atoms with Gasteiger partial charge in [0.2, 0.25) is 5.91 Å². The third kappa shape index (κ3) is 3.91. The molecule has 2 aromatic carbocycles. The van der Waals surface area contributed by atoms with Crippen LogP contribution in [0.1, 0.15) is 20.8 Å². The summed E-state index contributed by atoms with van der Waals surface area (Å²) in [5.74, 6) is -0.611. The second-order valence-electron chi connectivity index (χ2n) is 6.28. The van der Waals surface area contributed by atoms with Crippen molar-refractivity contribution in [2.24, 2.45) is 5.73 Å². The first-order valence-corrected chi connectivity index (χ1v) is 9.78. The second-order valence-corrected chi connectivity index (χ2v) is 7.14. The lowest BCUT2D eigenvalue weighted by Crippen LogP contribution is -2.15. The summed E-state index contributed by atoms with van der Waals surface area (Å²) in [7, 11) is 1.47. The van der Waals surface area contributed by atoms with E-state index < -0.39 is 11.8 Å². The van der Waals surface area contributed by atoms with Gasteiger partial charge in [-0.1, -0.05) is 18.2 Å². The lowest BCUT2D eigenvalue weighted by atomic mass is 10.1. The van der Waals surface area contributed by atoms with Crippen molar-refractivity contribution in [3.05, 3.63) is 77.6 Å². The fourth-order valence-electron chi connectivity index (χ4n) is 2.81. The first-order chi connectivity index (χ1) is 14.5. The van der Waals surface area contributed by atoms with Gasteiger partial charge in [-0.15, -0.1) is 11.3 Å². The van der Waals surface area contributed by atoms with Gasteiger partial charge < -0.3 is 15.8 Å². The third-order valence-corrected chi connectivity index (χ3v) is 5.21. The van der Waals surface area contributed by atoms with Crippen LogP contribution in [0.25, 0.3) is 16.3 Å². The Morgan fingerprint density at radius 3 is 2.70 bits per heavy atom. The molecule has 0 atom stereocenters. The normalized spacial score (nSPS) is 10.6. The fraction of sp³-hybridized carbons (Fsp3) is 0.0476. The van der Waals surface area contributed by atoms with E-state index in [1.807, 2.05) is 36.5 Å². The van der Waals surface area contributed by atoms with Gasteiger partial charge in [-0.2, -0.15) is 5.10 Å². The molecule has 9 heteroatoms. The van der Waals surface area contributed by atoms with E-state index >= 15 is 0 Å². The average Bonchev–Trinajstić information content (AvgIpc) is 3.44. The number of amides is 2. The summed E-state index contributed by atoms with van der Waals surface area (Å²) >= 11 is 1.34. The topological polar surface area (TPSA) is 112 Å². The lowest BCUT2D eigenvalue weighted by Gasteiger charge is -2.10. The number of rotatable bonds is 6. The Bertz CT molecular complexity index is 1220. The van der Waals surface area contributed by atoms with Gasteiger partial charge in [-0.3, -0.25) is 9.59 Å². The highest BCUT2D eigenvalue weighted by atomic mass is 32.1. The first-order valence-electron chi connectivity index (χ1n) is 8.90. The number of carbonyl (C=O) groups is 2. The molecular formula is C21H17N5O3S. The minimum atomic E-state index is -0.598. The van der Waals surface area contributed by atoms with E-state index in [4.69, 9.17) is 10.5 Å². The van der Waals surface area contributed by atoms with Crippen molar-refractivity contribution in [2.75, 3.05) is 12.4 Å². The van der Waals surface area contributed by atoms with Gasteiger partial charge in [0.15, 0.2) is 0 Å². The summed E-state index contributed by atoms with van der Waals surface area (Å²) in [5.41, 5.74) is 7.89. The van der Waals surface area contributed by atoms with Crippen molar-refractivity contribution in [3.8, 4) is 22.0 Å². The molecule has 0 radical (unpaired) electrons. The highest BCUT2D eigenvalue weighted by Gasteiger charge is 2.16. The van der Waals surface area contributed by atoms with E-state index in [0.717, 1.165) is 11.3 Å². The van der Waals surface area contributed by atoms with Gasteiger partial charge in [-0.25, -0.2) is 9.67 Å². The zero-order chi connectivity index (χ0) is 21.1. The Balaban J connectivity index is 1.55. The number of nitrogens with zero attached hydrogens (tertiary/aromatic N) is 3. The fourth-order valence-corrected chi connectivity index (χ4v) is 3.59. The zero-order valence-electron chi connectivity index (χ0n) is 15.9. The van der Waals surface area contributed by atoms with E-state index in [1.165, 1.54) is 30.6 Å². The van der Waals surface area contributed by atoms with Crippen molar-refractivity contribution in [1.29, 1.82) is 0 Å². The van der Waals surface area contributed by atoms with Gasteiger partial charge in [0.25, 0.3) is 5.91 Å². The number of anilines is 1. The molecule has 0 saturated carbocycles. The number of nitrogens with one attached hydrogen (secondary N) is 1. The number of primary amides is 1. The van der Waals surface area contributed by atoms with Crippen LogP contribution in [0.5, 0.6) is 5.75 Å². The van der Waals surface area contributed by atoms with Crippen molar-refractivity contribution in [3.63, 3.8) is 0 Å². The number of aromatic nitrogens is 3. The number of thiazole rings is 1. The van der Waals surface area contributed by atoms with Crippen LogP contribution in [0.15, 0.2) is 66.3 Å². The molecule has 3 N–H and O–H groups in total. The summed E-state index contributed by atoms with van der Waals surface area (Å²) in [6.07, 6.45) is 3.56. The first kappa shape index (κ1) is 19.3. The molecular weight excluding hydrogens is 402 g/mol. The molecule has 0 aliphatic heterocycles. The van der Waals surface area contributed by atoms with Crippen LogP contribution in [0.3, 0.4) is 0 Å². The van der Waals surface area contributed by atoms with Crippen molar-refractivity contribution < 1.29 is 14.3 Å². The second kappa shape index (κ2) is 8.18. The minimum Gasteiger partial charge on any atom is -0.495 e. The number of benzene rings is 2. The van der Waals surface area contributed by atoms with Crippen molar-refractivity contribution >= 4 is 28.8 Å². The molecule has 0 saturated heterocycles. The Morgan fingerprint density at radius 2 is 1.97 bits per heavy atom. The van der Waals surface area contributed by atoms with Gasteiger partial charge in [0.05, 0.1) is 24.7 Å². The highest BCUT2D eigenvalue weighted by Crippen LogP contribution is 2.28. The van der Waals surface area contributed by atoms with Crippen molar-refractivity contribution in [2.45, 2.75) is 0 Å². The zero-order valence-corrected chi connectivity index (χ0v) is 16.7. The molecule has 0 bridgehead atoms. The molecule has 0 aliphatic rings. The van der Waals surface area contributed by atoms with E-state index in [-0.39, 0.29) is 11.3 Å². The number of nitrogens with two attached hydrogens (primary N) is 1. The van der Waals surface area contributed by atoms with Gasteiger partial charge in [0, 0.05) is 22.7 Å². The van der Waals surface area contributed by atoms with Gasteiger partial charge >= 0.3 is 0 Å². The van der Waals surface area contributed by atoms with E-state index in [2.05, 4.69) is 15.4 Å². The van der Waals surface area contributed by atoms with Crippen LogP contribution in [-0.4, -0.2) is 33.7 Å². The summed E-state index contributed by atoms with van der Waals surface area (Å²) in [6, 6.07) is 14.3. The van der Waals surface area contributed by atoms with E-state index in [1.54, 1.807) is 22.3 Å². The number of hydrogen-bond acceptors (Lipinski definition) is 6. The van der Waals surface area contributed by atoms with Crippen molar-refractivity contribution in [1.82, 2.24) is 14.8 Å². The third-order valence-electron chi connectivity index (χ3n) is 4.32. The predicted octanol–water partition coefficient (Wildman–Crippen LogP) is 3.36. The molecule has 2 amide bonds. The van der Waals surface area contributed by atoms with Crippen LogP contribution in [0.4, 0.5) is 5.69 Å². The van der Waals surface area contributed by atoms with E-state index in [9.17, 15) is 9.59 Å². The number of ether oxygens (including phenoxy) is 1. The maximum atomic E-state index is 12.7. The maximum Gasteiger partial charge on any atom is 0.275 e. The van der Waals surface area contributed by atoms with Crippen LogP contribution in [0, 0.1) is 0 Å². The van der Waals surface area contributed by atoms with Gasteiger partial charge in [-0.05, 0) is 30.3 Å². The van der Waals surface area contributed by atoms with Crippen LogP contribution < -0.4 is 15.8 Å². The molecule has 8 nitrogen and oxygen atoms in total. The SMILES string of the molecule is COc1ccc(C(N)=O)cc1NC(=O)c1csc(-c2cnn(-c3ccccc3)c2)n1. The molecule has 150 valence electrons. The average molecular weight is 419 g/mol. The number of hydrogen-bond donors (Lipinski definition) is 2. The molecule has 30 heavy (non-hydrogen) atoms. The minimum absolute atomic E-state index is 0.244. The maximum absolute atomic E-state index is 12.7. The van der Waals surface area contributed by atoms with Crippen LogP contribution in [0.2, 0.25) is 0 Å². The Hall–Kier alpha value is -3.98. The number of methoxy groups -OCH3 is 1. The molecule has 0 unspecified atom stereocenters. The molecule has 0 fully saturated rings. The van der Waals surface area contributed by atoms with Crippen LogP contribution in [-0.2, 0) is 0 Å². The summed E-state index contributed by atoms with van der Waals surface area (Å²) in [6.45, 7) is 0. The Labute approximate surface area is 175 Å². The molecule has 4 aromatic rings. The predicted molar refractivity (Wildman–Crippen MR) is 114 cm³/mol. The Morgan fingerprint density at radius 1 is 1.17 bits per heavy atom. The molecule has 0 spiro atoms. The molecule has 2 heterocycles. The smallest absolute Gasteiger partial charge is 0.275 e. The number of carbonyl (C=O) groups excluding carboxylic acids is 2. The Kier molecular flexibility index (Phi) is 5.27. The quantitative estimate of drug-likeness (QED) is 0.498. The summed E-state index contributed by atoms with van der Waals surface area (Å²) in [5, 5.41) is 9.40. The molecule has 2 aromatic heterocycles. The largest absolute Gasteiger partial charge is 0.495 e. The monoisotopic (exact) mass is 419 g/mol. The molecule has 4 rings (SSSR count). The summed E-state index contributed by atoms with van der Waals surface area (Å²) < 4.78 is 6.99. The van der Waals surface area contributed by atoms with E-state index in [0.29, 0.717) is 16.4 Å². The molecule has 0 aliphatic carbocycles. The number of para-hydroxylation sites is 1. The highest BCUT2D eigenvalue weighted by molar-refractivity contribution is 7.13. The van der Waals surface area contributed by atoms with Gasteiger partial charge in [0.1, 0.15) is 16.5 Å².